The maximum absolute atomic E-state index is 7.01. The summed E-state index contributed by atoms with van der Waals surface area (Å²) in [7, 11) is 0. The highest BCUT2D eigenvalue weighted by Crippen LogP contribution is 2.55. The molecule has 30 aromatic rings. The van der Waals surface area contributed by atoms with Crippen LogP contribution in [0, 0.1) is 0 Å². The lowest BCUT2D eigenvalue weighted by Crippen LogP contribution is -2.12. The molecule has 26 aromatic carbocycles. The molecule has 0 radical (unpaired) electrons. The number of furan rings is 4. The van der Waals surface area contributed by atoms with Crippen molar-refractivity contribution in [2.24, 2.45) is 0 Å². The van der Waals surface area contributed by atoms with Crippen LogP contribution in [0.4, 0.5) is 68.2 Å². The zero-order valence-corrected chi connectivity index (χ0v) is 75.6. The predicted octanol–water partition coefficient (Wildman–Crippen LogP) is 38.6. The van der Waals surface area contributed by atoms with Gasteiger partial charge in [-0.25, -0.2) is 0 Å². The molecule has 0 saturated carbocycles. The number of para-hydroxylation sites is 4. The average molecular weight is 1790 g/mol. The molecular weight excluding hydrogens is 1710 g/mol. The summed E-state index contributed by atoms with van der Waals surface area (Å²) in [6.07, 6.45) is 0. The standard InChI is InChI=1S/C72H44N2O2.C60H36N2O2/c1-3-13-45(14-4-1)47-25-35-53(36-26-47)73(63-23-11-21-59-69-55-19-9-7-17-49(55)33-43-65(69)75-71(59)63)61-41-31-51-30-40-58-62(42-32-52-29-39-57(61)67(51)68(52)58)74(54-37-27-48(28-38-54)46-15-5-2-6-16-46)64-24-12-22-60-70-56-20-10-8-18-50(56)34-44-66(70)76-72(60)64;1-3-13-41(14-4-1)61(43-25-33-53-49(35-43)59-45-17-9-7-11-37(45)23-31-55(59)63-53)51-29-21-39-20-28-48-52(30-22-40-19-27-47(51)57(39)58(40)48)62(42-15-5-2-6-16-42)44-26-34-54-50(36-44)60-46-18-10-8-12-38(46)24-32-56(60)64-54/h1-44H;1-36H. The number of fused-ring (bicyclic) bond motifs is 20. The topological polar surface area (TPSA) is 65.5 Å². The van der Waals surface area contributed by atoms with E-state index in [4.69, 9.17) is 17.7 Å². The SMILES string of the molecule is c1ccc(-c2ccc(N(c3ccc4ccc5c(N(c6ccc(-c7ccccc7)cc6)c6cccc7c6oc6ccc8ccccc8c67)ccc6ccc3c4c65)c3cccc4c3oc3ccc5ccccc5c34)cc2)cc1.c1ccc(N(c2ccc3oc4ccc5ccccc5c4c3c2)c2ccc3ccc4c(N(c5ccccc5)c5ccc6oc7ccc8ccccc8c7c6c5)ccc5ccc2c3c54)cc1. The van der Waals surface area contributed by atoms with Crippen molar-refractivity contribution >= 4 is 264 Å². The van der Waals surface area contributed by atoms with Crippen LogP contribution in [0.3, 0.4) is 0 Å². The first kappa shape index (κ1) is 78.7. The van der Waals surface area contributed by atoms with Crippen molar-refractivity contribution < 1.29 is 17.7 Å². The molecule has 0 spiro atoms. The van der Waals surface area contributed by atoms with E-state index < -0.39 is 0 Å². The Bertz CT molecular complexity index is 9650. The molecular formula is C132H80N4O4. The Morgan fingerprint density at radius 1 is 0.121 bits per heavy atom. The Morgan fingerprint density at radius 3 is 0.714 bits per heavy atom. The van der Waals surface area contributed by atoms with E-state index in [0.29, 0.717) is 0 Å². The molecule has 8 heteroatoms. The van der Waals surface area contributed by atoms with Crippen molar-refractivity contribution in [2.45, 2.75) is 0 Å². The molecule has 0 aliphatic carbocycles. The van der Waals surface area contributed by atoms with Crippen molar-refractivity contribution in [3.63, 3.8) is 0 Å². The minimum absolute atomic E-state index is 0.843. The number of anilines is 12. The fourth-order valence-electron chi connectivity index (χ4n) is 22.8. The normalized spacial score (nSPS) is 12.0. The van der Waals surface area contributed by atoms with Gasteiger partial charge in [0.2, 0.25) is 0 Å². The van der Waals surface area contributed by atoms with Gasteiger partial charge < -0.3 is 37.3 Å². The van der Waals surface area contributed by atoms with Gasteiger partial charge in [-0.1, -0.05) is 340 Å². The number of hydrogen-bond acceptors (Lipinski definition) is 8. The third-order valence-electron chi connectivity index (χ3n) is 29.1. The fourth-order valence-corrected chi connectivity index (χ4v) is 22.8. The molecule has 0 aliphatic heterocycles. The third-order valence-corrected chi connectivity index (χ3v) is 29.1. The van der Waals surface area contributed by atoms with Crippen molar-refractivity contribution in [1.82, 2.24) is 0 Å². The zero-order valence-electron chi connectivity index (χ0n) is 75.6. The van der Waals surface area contributed by atoms with E-state index in [2.05, 4.69) is 505 Å². The molecule has 8 nitrogen and oxygen atoms in total. The molecule has 0 unspecified atom stereocenters. The monoisotopic (exact) mass is 1780 g/mol. The molecule has 0 saturated heterocycles. The number of rotatable bonds is 14. The van der Waals surface area contributed by atoms with Crippen LogP contribution in [0.15, 0.2) is 503 Å². The Hall–Kier alpha value is -18.8. The minimum Gasteiger partial charge on any atom is -0.456 e. The first-order chi connectivity index (χ1) is 69.4. The van der Waals surface area contributed by atoms with Gasteiger partial charge >= 0.3 is 0 Å². The van der Waals surface area contributed by atoms with E-state index in [-0.39, 0.29) is 0 Å². The average Bonchev–Trinajstić information content (AvgIpc) is 0.878. The highest BCUT2D eigenvalue weighted by molar-refractivity contribution is 6.32. The second kappa shape index (κ2) is 31.4. The van der Waals surface area contributed by atoms with Gasteiger partial charge in [-0.3, -0.25) is 0 Å². The van der Waals surface area contributed by atoms with Crippen LogP contribution in [-0.4, -0.2) is 0 Å². The van der Waals surface area contributed by atoms with Crippen LogP contribution in [0.25, 0.3) is 218 Å². The second-order valence-electron chi connectivity index (χ2n) is 36.7. The molecule has 0 N–H and O–H groups in total. The molecule has 0 fully saturated rings. The smallest absolute Gasteiger partial charge is 0.159 e. The van der Waals surface area contributed by atoms with E-state index in [1.807, 2.05) is 0 Å². The summed E-state index contributed by atoms with van der Waals surface area (Å²) >= 11 is 0. The largest absolute Gasteiger partial charge is 0.456 e. The fraction of sp³-hybridized carbons (Fsp3) is 0. The number of hydrogen-bond donors (Lipinski definition) is 0. The van der Waals surface area contributed by atoms with Crippen LogP contribution in [-0.2, 0) is 0 Å². The summed E-state index contributed by atoms with van der Waals surface area (Å²) in [6.45, 7) is 0. The molecule has 652 valence electrons. The molecule has 0 aliphatic rings. The van der Waals surface area contributed by atoms with Gasteiger partial charge in [0, 0.05) is 98.8 Å². The first-order valence-electron chi connectivity index (χ1n) is 47.8. The van der Waals surface area contributed by atoms with Gasteiger partial charge in [-0.05, 0) is 254 Å². The third kappa shape index (κ3) is 12.4. The lowest BCUT2D eigenvalue weighted by atomic mass is 9.91. The van der Waals surface area contributed by atoms with Gasteiger partial charge in [0.15, 0.2) is 11.2 Å². The summed E-state index contributed by atoms with van der Waals surface area (Å²) < 4.78 is 27.0. The minimum atomic E-state index is 0.843. The van der Waals surface area contributed by atoms with Crippen LogP contribution in [0.5, 0.6) is 0 Å². The maximum Gasteiger partial charge on any atom is 0.159 e. The van der Waals surface area contributed by atoms with Crippen molar-refractivity contribution in [3.05, 3.63) is 485 Å². The van der Waals surface area contributed by atoms with Gasteiger partial charge in [0.25, 0.3) is 0 Å². The number of nitrogens with zero attached hydrogens (tertiary/aromatic N) is 4. The number of benzene rings is 26. The lowest BCUT2D eigenvalue weighted by Gasteiger charge is -2.29. The van der Waals surface area contributed by atoms with Crippen molar-refractivity contribution in [3.8, 4) is 22.3 Å². The van der Waals surface area contributed by atoms with E-state index >= 15 is 0 Å². The summed E-state index contributed by atoms with van der Waals surface area (Å²) in [5.41, 5.74) is 24.3. The van der Waals surface area contributed by atoms with E-state index in [1.54, 1.807) is 0 Å². The highest BCUT2D eigenvalue weighted by Gasteiger charge is 2.30. The Kier molecular flexibility index (Phi) is 17.7. The summed E-state index contributed by atoms with van der Waals surface area (Å²) in [4.78, 5) is 9.61. The first-order valence-corrected chi connectivity index (χ1v) is 47.8. The maximum atomic E-state index is 7.01. The van der Waals surface area contributed by atoms with Crippen LogP contribution >= 0.6 is 0 Å². The van der Waals surface area contributed by atoms with Crippen molar-refractivity contribution in [1.29, 1.82) is 0 Å². The lowest BCUT2D eigenvalue weighted by molar-refractivity contribution is 0.669. The van der Waals surface area contributed by atoms with Gasteiger partial charge in [0.1, 0.15) is 33.5 Å². The Morgan fingerprint density at radius 2 is 0.371 bits per heavy atom. The second-order valence-corrected chi connectivity index (χ2v) is 36.7. The van der Waals surface area contributed by atoms with Crippen LogP contribution in [0.1, 0.15) is 0 Å². The molecule has 0 atom stereocenters. The quantitative estimate of drug-likeness (QED) is 0.0998. The van der Waals surface area contributed by atoms with Crippen molar-refractivity contribution in [2.75, 3.05) is 19.6 Å². The summed E-state index contributed by atoms with van der Waals surface area (Å²) in [5.74, 6) is 0. The highest BCUT2D eigenvalue weighted by atomic mass is 16.3. The molecule has 30 rings (SSSR count). The van der Waals surface area contributed by atoms with E-state index in [0.717, 1.165) is 178 Å². The van der Waals surface area contributed by atoms with Gasteiger partial charge in [-0.2, -0.15) is 0 Å². The zero-order chi connectivity index (χ0) is 91.7. The molecule has 140 heavy (non-hydrogen) atoms. The Labute approximate surface area is 803 Å². The van der Waals surface area contributed by atoms with Crippen LogP contribution in [0.2, 0.25) is 0 Å². The Balaban J connectivity index is 0.000000136. The van der Waals surface area contributed by atoms with Gasteiger partial charge in [0.05, 0.1) is 34.1 Å². The van der Waals surface area contributed by atoms with Gasteiger partial charge in [-0.15, -0.1) is 0 Å². The summed E-state index contributed by atoms with van der Waals surface area (Å²) in [5, 5.41) is 32.7. The predicted molar refractivity (Wildman–Crippen MR) is 589 cm³/mol. The van der Waals surface area contributed by atoms with Crippen LogP contribution < -0.4 is 19.6 Å². The molecule has 4 aromatic heterocycles. The molecule has 0 amide bonds. The van der Waals surface area contributed by atoms with E-state index in [1.165, 1.54) is 108 Å². The van der Waals surface area contributed by atoms with E-state index in [9.17, 15) is 0 Å². The molecule has 0 bridgehead atoms. The summed E-state index contributed by atoms with van der Waals surface area (Å²) in [6, 6.07) is 175. The molecule has 4 heterocycles.